The molecule has 0 atom stereocenters. The zero-order valence-electron chi connectivity index (χ0n) is 13.4. The highest BCUT2D eigenvalue weighted by Gasteiger charge is 2.09. The summed E-state index contributed by atoms with van der Waals surface area (Å²) in [5, 5.41) is 5.93. The molecule has 1 aromatic heterocycles. The lowest BCUT2D eigenvalue weighted by Crippen LogP contribution is -2.13. The van der Waals surface area contributed by atoms with E-state index in [0.29, 0.717) is 16.9 Å². The summed E-state index contributed by atoms with van der Waals surface area (Å²) < 4.78 is 13.2. The number of para-hydroxylation sites is 1. The van der Waals surface area contributed by atoms with Gasteiger partial charge in [-0.1, -0.05) is 29.8 Å². The van der Waals surface area contributed by atoms with Crippen LogP contribution in [0.5, 0.6) is 0 Å². The zero-order chi connectivity index (χ0) is 17.8. The maximum Gasteiger partial charge on any atom is 0.257 e. The minimum absolute atomic E-state index is 0.0198. The van der Waals surface area contributed by atoms with Crippen molar-refractivity contribution in [2.24, 2.45) is 0 Å². The van der Waals surface area contributed by atoms with Gasteiger partial charge in [-0.3, -0.25) is 9.78 Å². The number of carbonyl (C=O) groups is 1. The van der Waals surface area contributed by atoms with Crippen molar-refractivity contribution in [1.29, 1.82) is 0 Å². The number of anilines is 3. The van der Waals surface area contributed by atoms with Gasteiger partial charge in [0.1, 0.15) is 5.82 Å². The van der Waals surface area contributed by atoms with E-state index in [-0.39, 0.29) is 10.9 Å². The molecule has 0 spiro atoms. The lowest BCUT2D eigenvalue weighted by molar-refractivity contribution is 0.102. The number of aryl methyl sites for hydroxylation is 1. The molecule has 0 saturated carbocycles. The number of hydrogen-bond donors (Lipinski definition) is 2. The van der Waals surface area contributed by atoms with Crippen LogP contribution in [0.15, 0.2) is 60.9 Å². The minimum atomic E-state index is -0.489. The van der Waals surface area contributed by atoms with Crippen LogP contribution in [0.3, 0.4) is 0 Å². The summed E-state index contributed by atoms with van der Waals surface area (Å²) in [6.45, 7) is 1.92. The van der Waals surface area contributed by atoms with Gasteiger partial charge in [-0.25, -0.2) is 4.39 Å². The van der Waals surface area contributed by atoms with Gasteiger partial charge >= 0.3 is 0 Å². The minimum Gasteiger partial charge on any atom is -0.354 e. The summed E-state index contributed by atoms with van der Waals surface area (Å²) in [7, 11) is 0. The molecule has 2 aromatic carbocycles. The lowest BCUT2D eigenvalue weighted by atomic mass is 10.2. The van der Waals surface area contributed by atoms with Crippen molar-refractivity contribution in [3.05, 3.63) is 82.9 Å². The number of aromatic nitrogens is 1. The van der Waals surface area contributed by atoms with E-state index in [0.717, 1.165) is 11.3 Å². The first-order valence-corrected chi connectivity index (χ1v) is 7.95. The second-order valence-corrected chi connectivity index (χ2v) is 5.89. The summed E-state index contributed by atoms with van der Waals surface area (Å²) >= 11 is 5.77. The van der Waals surface area contributed by atoms with E-state index in [1.165, 1.54) is 18.3 Å². The summed E-state index contributed by atoms with van der Waals surface area (Å²) in [5.41, 5.74) is 3.32. The van der Waals surface area contributed by atoms with E-state index in [4.69, 9.17) is 11.6 Å². The molecule has 1 amide bonds. The Morgan fingerprint density at radius 2 is 1.88 bits per heavy atom. The van der Waals surface area contributed by atoms with Crippen LogP contribution in [-0.4, -0.2) is 10.9 Å². The number of carbonyl (C=O) groups excluding carboxylic acids is 1. The van der Waals surface area contributed by atoms with Gasteiger partial charge in [0, 0.05) is 17.6 Å². The number of pyridine rings is 1. The highest BCUT2D eigenvalue weighted by Crippen LogP contribution is 2.23. The molecule has 4 nitrogen and oxygen atoms in total. The predicted molar refractivity (Wildman–Crippen MR) is 98.1 cm³/mol. The molecule has 25 heavy (non-hydrogen) atoms. The molecule has 0 saturated heterocycles. The third-order valence-electron chi connectivity index (χ3n) is 3.60. The normalized spacial score (nSPS) is 10.4. The van der Waals surface area contributed by atoms with Gasteiger partial charge in [-0.2, -0.15) is 0 Å². The number of rotatable bonds is 4. The van der Waals surface area contributed by atoms with E-state index in [2.05, 4.69) is 15.6 Å². The number of hydrogen-bond acceptors (Lipinski definition) is 3. The van der Waals surface area contributed by atoms with Crippen molar-refractivity contribution in [2.45, 2.75) is 6.92 Å². The van der Waals surface area contributed by atoms with Crippen LogP contribution in [0.2, 0.25) is 5.02 Å². The molecule has 0 radical (unpaired) electrons. The molecule has 0 aliphatic heterocycles. The van der Waals surface area contributed by atoms with E-state index in [1.807, 2.05) is 31.2 Å². The molecule has 0 bridgehead atoms. The Bertz CT molecular complexity index is 930. The van der Waals surface area contributed by atoms with Crippen LogP contribution in [0, 0.1) is 12.7 Å². The van der Waals surface area contributed by atoms with Gasteiger partial charge in [0.15, 0.2) is 0 Å². The molecule has 6 heteroatoms. The van der Waals surface area contributed by atoms with E-state index < -0.39 is 5.82 Å². The van der Waals surface area contributed by atoms with Crippen molar-refractivity contribution in [2.75, 3.05) is 10.6 Å². The largest absolute Gasteiger partial charge is 0.354 e. The highest BCUT2D eigenvalue weighted by atomic mass is 35.5. The molecule has 0 fully saturated rings. The Balaban J connectivity index is 1.77. The molecule has 126 valence electrons. The van der Waals surface area contributed by atoms with E-state index in [9.17, 15) is 9.18 Å². The van der Waals surface area contributed by atoms with E-state index >= 15 is 0 Å². The fraction of sp³-hybridized carbons (Fsp3) is 0.0526. The average Bonchev–Trinajstić information content (AvgIpc) is 2.60. The Labute approximate surface area is 149 Å². The molecular formula is C19H15ClFN3O. The molecule has 0 aliphatic carbocycles. The summed E-state index contributed by atoms with van der Waals surface area (Å²) in [5.74, 6) is -0.751. The standard InChI is InChI=1S/C19H15ClFN3O/c1-12-4-2-3-5-18(12)24-19(25)13-8-15(11-22-10-13)23-14-6-7-17(21)16(20)9-14/h2-11,23H,1H3,(H,24,25). The molecule has 1 heterocycles. The molecule has 3 rings (SSSR count). The van der Waals surface area contributed by atoms with Crippen LogP contribution >= 0.6 is 11.6 Å². The number of nitrogens with one attached hydrogen (secondary N) is 2. The zero-order valence-corrected chi connectivity index (χ0v) is 14.1. The van der Waals surface area contributed by atoms with E-state index in [1.54, 1.807) is 18.3 Å². The average molecular weight is 356 g/mol. The van der Waals surface area contributed by atoms with Gasteiger partial charge in [0.05, 0.1) is 22.5 Å². The first-order valence-electron chi connectivity index (χ1n) is 7.57. The topological polar surface area (TPSA) is 54.0 Å². The summed E-state index contributed by atoms with van der Waals surface area (Å²) in [6, 6.07) is 13.5. The first kappa shape index (κ1) is 16.9. The predicted octanol–water partition coefficient (Wildman–Crippen LogP) is 5.18. The van der Waals surface area contributed by atoms with Crippen LogP contribution in [0.1, 0.15) is 15.9 Å². The van der Waals surface area contributed by atoms with Crippen molar-refractivity contribution in [3.8, 4) is 0 Å². The van der Waals surface area contributed by atoms with Crippen LogP contribution in [0.4, 0.5) is 21.5 Å². The molecule has 2 N–H and O–H groups in total. The van der Waals surface area contributed by atoms with Crippen molar-refractivity contribution in [1.82, 2.24) is 4.98 Å². The van der Waals surface area contributed by atoms with Crippen molar-refractivity contribution >= 4 is 34.6 Å². The Morgan fingerprint density at radius 1 is 1.08 bits per heavy atom. The van der Waals surface area contributed by atoms with Gasteiger partial charge in [0.2, 0.25) is 0 Å². The number of halogens is 2. The Morgan fingerprint density at radius 3 is 2.64 bits per heavy atom. The number of amides is 1. The highest BCUT2D eigenvalue weighted by molar-refractivity contribution is 6.31. The fourth-order valence-corrected chi connectivity index (χ4v) is 2.46. The monoisotopic (exact) mass is 355 g/mol. The van der Waals surface area contributed by atoms with Gasteiger partial charge < -0.3 is 10.6 Å². The fourth-order valence-electron chi connectivity index (χ4n) is 2.28. The number of benzene rings is 2. The molecular weight excluding hydrogens is 341 g/mol. The van der Waals surface area contributed by atoms with Crippen molar-refractivity contribution in [3.63, 3.8) is 0 Å². The second-order valence-electron chi connectivity index (χ2n) is 5.49. The summed E-state index contributed by atoms with van der Waals surface area (Å²) in [4.78, 5) is 16.5. The smallest absolute Gasteiger partial charge is 0.257 e. The molecule has 0 unspecified atom stereocenters. The van der Waals surface area contributed by atoms with Crippen LogP contribution in [0.25, 0.3) is 0 Å². The SMILES string of the molecule is Cc1ccccc1NC(=O)c1cncc(Nc2ccc(F)c(Cl)c2)c1. The molecule has 0 aliphatic rings. The van der Waals surface area contributed by atoms with Gasteiger partial charge in [-0.15, -0.1) is 0 Å². The molecule has 3 aromatic rings. The maximum atomic E-state index is 13.2. The third kappa shape index (κ3) is 4.14. The Hall–Kier alpha value is -2.92. The number of nitrogens with zero attached hydrogens (tertiary/aromatic N) is 1. The van der Waals surface area contributed by atoms with Gasteiger partial charge in [-0.05, 0) is 42.8 Å². The Kier molecular flexibility index (Phi) is 4.95. The second kappa shape index (κ2) is 7.32. The quantitative estimate of drug-likeness (QED) is 0.678. The van der Waals surface area contributed by atoms with Crippen molar-refractivity contribution < 1.29 is 9.18 Å². The third-order valence-corrected chi connectivity index (χ3v) is 3.89. The van der Waals surface area contributed by atoms with Crippen LogP contribution in [-0.2, 0) is 0 Å². The van der Waals surface area contributed by atoms with Gasteiger partial charge in [0.25, 0.3) is 5.91 Å². The lowest BCUT2D eigenvalue weighted by Gasteiger charge is -2.10. The maximum absolute atomic E-state index is 13.2. The first-order chi connectivity index (χ1) is 12.0. The van der Waals surface area contributed by atoms with Crippen LogP contribution < -0.4 is 10.6 Å². The summed E-state index contributed by atoms with van der Waals surface area (Å²) in [6.07, 6.45) is 3.05.